The maximum absolute atomic E-state index is 4.91. The minimum Gasteiger partial charge on any atom is -0.119 e. The van der Waals surface area contributed by atoms with E-state index in [9.17, 15) is 0 Å². The molecule has 9 heavy (non-hydrogen) atoms. The number of unbranched alkanes of at least 4 members (excludes halogenated alkanes) is 2. The van der Waals surface area contributed by atoms with E-state index in [1.165, 1.54) is 25.0 Å². The maximum Gasteiger partial charge on any atom is 0.0447 e. The third-order valence-electron chi connectivity index (χ3n) is 1.05. The van der Waals surface area contributed by atoms with Gasteiger partial charge in [-0.15, -0.1) is 11.8 Å². The molecule has 2 heteroatoms. The number of rotatable bonds is 4. The molecule has 54 valence electrons. The van der Waals surface area contributed by atoms with Crippen LogP contribution >= 0.6 is 24.0 Å². The third-order valence-corrected chi connectivity index (χ3v) is 2.31. The third kappa shape index (κ3) is 8.44. The summed E-state index contributed by atoms with van der Waals surface area (Å²) in [6.45, 7) is 4.21. The molecule has 0 bridgehead atoms. The Balaban J connectivity index is 2.83. The van der Waals surface area contributed by atoms with E-state index in [2.05, 4.69) is 6.92 Å². The van der Waals surface area contributed by atoms with E-state index in [1.54, 1.807) is 11.8 Å². The Morgan fingerprint density at radius 2 is 2.11 bits per heavy atom. The van der Waals surface area contributed by atoms with Crippen molar-refractivity contribution in [1.29, 1.82) is 0 Å². The van der Waals surface area contributed by atoms with Gasteiger partial charge >= 0.3 is 0 Å². The molecule has 0 fully saturated rings. The first kappa shape index (κ1) is 9.44. The van der Waals surface area contributed by atoms with Gasteiger partial charge in [-0.05, 0) is 19.1 Å². The smallest absolute Gasteiger partial charge is 0.0447 e. The molecule has 0 aliphatic heterocycles. The van der Waals surface area contributed by atoms with Crippen molar-refractivity contribution in [2.45, 2.75) is 33.1 Å². The summed E-state index contributed by atoms with van der Waals surface area (Å²) in [6, 6.07) is 0. The van der Waals surface area contributed by atoms with Gasteiger partial charge in [0, 0.05) is 4.20 Å². The van der Waals surface area contributed by atoms with E-state index in [-0.39, 0.29) is 0 Å². The van der Waals surface area contributed by atoms with Crippen LogP contribution in [0, 0.1) is 0 Å². The fourth-order valence-electron chi connectivity index (χ4n) is 0.568. The minimum absolute atomic E-state index is 1.08. The summed E-state index contributed by atoms with van der Waals surface area (Å²) in [6.07, 6.45) is 3.96. The summed E-state index contributed by atoms with van der Waals surface area (Å²) < 4.78 is 1.08. The second kappa shape index (κ2) is 6.56. The first-order valence-electron chi connectivity index (χ1n) is 3.40. The van der Waals surface area contributed by atoms with Crippen LogP contribution in [0.1, 0.15) is 33.1 Å². The topological polar surface area (TPSA) is 0 Å². The molecule has 0 aliphatic rings. The molecule has 0 aromatic carbocycles. The van der Waals surface area contributed by atoms with Crippen molar-refractivity contribution >= 4 is 28.2 Å². The zero-order chi connectivity index (χ0) is 7.11. The molecule has 0 aromatic rings. The lowest BCUT2D eigenvalue weighted by Crippen LogP contribution is -1.82. The lowest BCUT2D eigenvalue weighted by atomic mass is 10.3. The Morgan fingerprint density at radius 3 is 2.56 bits per heavy atom. The Morgan fingerprint density at radius 1 is 1.44 bits per heavy atom. The molecule has 0 heterocycles. The molecule has 0 N–H and O–H groups in total. The van der Waals surface area contributed by atoms with E-state index in [0.717, 1.165) is 4.20 Å². The molecule has 0 aliphatic carbocycles. The van der Waals surface area contributed by atoms with E-state index < -0.39 is 0 Å². The van der Waals surface area contributed by atoms with Gasteiger partial charge in [0.15, 0.2) is 0 Å². The van der Waals surface area contributed by atoms with Gasteiger partial charge in [0.1, 0.15) is 0 Å². The molecule has 0 unspecified atom stereocenters. The summed E-state index contributed by atoms with van der Waals surface area (Å²) in [5.41, 5.74) is 0. The predicted molar refractivity (Wildman–Crippen MR) is 50.3 cm³/mol. The van der Waals surface area contributed by atoms with Crippen LogP contribution in [-0.2, 0) is 0 Å². The lowest BCUT2D eigenvalue weighted by molar-refractivity contribution is 0.779. The van der Waals surface area contributed by atoms with Crippen LogP contribution in [0.15, 0.2) is 0 Å². The Labute approximate surface area is 67.4 Å². The highest BCUT2D eigenvalue weighted by Gasteiger charge is 1.88. The lowest BCUT2D eigenvalue weighted by Gasteiger charge is -1.95. The fourth-order valence-corrected chi connectivity index (χ4v) is 1.45. The number of hydrogen-bond donors (Lipinski definition) is 0. The Kier molecular flexibility index (Phi) is 6.88. The average Bonchev–Trinajstić information content (AvgIpc) is 1.80. The number of hydrogen-bond acceptors (Lipinski definition) is 2. The molecule has 0 spiro atoms. The summed E-state index contributed by atoms with van der Waals surface area (Å²) in [5, 5.41) is 0. The van der Waals surface area contributed by atoms with Gasteiger partial charge in [-0.1, -0.05) is 32.0 Å². The fraction of sp³-hybridized carbons (Fsp3) is 0.857. The van der Waals surface area contributed by atoms with Gasteiger partial charge in [-0.25, -0.2) is 0 Å². The van der Waals surface area contributed by atoms with Gasteiger partial charge in [0.2, 0.25) is 0 Å². The Bertz CT molecular complexity index is 79.0. The van der Waals surface area contributed by atoms with Gasteiger partial charge in [0.25, 0.3) is 0 Å². The van der Waals surface area contributed by atoms with Gasteiger partial charge in [-0.3, -0.25) is 0 Å². The average molecular weight is 162 g/mol. The van der Waals surface area contributed by atoms with Crippen molar-refractivity contribution in [2.24, 2.45) is 0 Å². The first-order chi connectivity index (χ1) is 4.27. The van der Waals surface area contributed by atoms with Crippen molar-refractivity contribution in [3.8, 4) is 0 Å². The van der Waals surface area contributed by atoms with Crippen LogP contribution in [0.4, 0.5) is 0 Å². The summed E-state index contributed by atoms with van der Waals surface area (Å²) in [7, 11) is 0. The molecule has 0 atom stereocenters. The van der Waals surface area contributed by atoms with Crippen molar-refractivity contribution in [3.63, 3.8) is 0 Å². The molecule has 0 aromatic heterocycles. The molecular formula is C7H14S2. The summed E-state index contributed by atoms with van der Waals surface area (Å²) in [5.74, 6) is 1.21. The molecule has 0 saturated heterocycles. The quantitative estimate of drug-likeness (QED) is 0.460. The second-order valence-corrected chi connectivity index (χ2v) is 4.23. The first-order valence-corrected chi connectivity index (χ1v) is 4.80. The normalized spacial score (nSPS) is 9.56. The standard InChI is InChI=1S/C7H14S2/c1-3-4-5-6-9-7(2)8/h3-6H2,1-2H3. The van der Waals surface area contributed by atoms with Crippen LogP contribution in [0.2, 0.25) is 0 Å². The Hall–Kier alpha value is 0.440. The van der Waals surface area contributed by atoms with Crippen LogP contribution < -0.4 is 0 Å². The van der Waals surface area contributed by atoms with E-state index in [1.807, 2.05) is 6.92 Å². The molecule has 0 radical (unpaired) electrons. The minimum atomic E-state index is 1.08. The SMILES string of the molecule is CCCCCSC(C)=S. The summed E-state index contributed by atoms with van der Waals surface area (Å²) >= 11 is 6.71. The maximum atomic E-state index is 4.91. The van der Waals surface area contributed by atoms with E-state index in [0.29, 0.717) is 0 Å². The van der Waals surface area contributed by atoms with Crippen molar-refractivity contribution in [1.82, 2.24) is 0 Å². The molecule has 0 amide bonds. The predicted octanol–water partition coefficient (Wildman–Crippen LogP) is 3.26. The molecular weight excluding hydrogens is 148 g/mol. The van der Waals surface area contributed by atoms with Crippen molar-refractivity contribution in [3.05, 3.63) is 0 Å². The summed E-state index contributed by atoms with van der Waals surface area (Å²) in [4.78, 5) is 0. The van der Waals surface area contributed by atoms with Crippen molar-refractivity contribution < 1.29 is 0 Å². The van der Waals surface area contributed by atoms with Crippen LogP contribution in [-0.4, -0.2) is 9.95 Å². The van der Waals surface area contributed by atoms with Gasteiger partial charge in [-0.2, -0.15) is 0 Å². The van der Waals surface area contributed by atoms with Crippen LogP contribution in [0.25, 0.3) is 0 Å². The van der Waals surface area contributed by atoms with E-state index >= 15 is 0 Å². The van der Waals surface area contributed by atoms with Crippen LogP contribution in [0.5, 0.6) is 0 Å². The number of thioether (sulfide) groups is 1. The highest BCUT2D eigenvalue weighted by molar-refractivity contribution is 8.23. The molecule has 0 rings (SSSR count). The van der Waals surface area contributed by atoms with E-state index in [4.69, 9.17) is 12.2 Å². The highest BCUT2D eigenvalue weighted by Crippen LogP contribution is 2.07. The van der Waals surface area contributed by atoms with Crippen LogP contribution in [0.3, 0.4) is 0 Å². The van der Waals surface area contributed by atoms with Crippen molar-refractivity contribution in [2.75, 3.05) is 5.75 Å². The monoisotopic (exact) mass is 162 g/mol. The zero-order valence-corrected chi connectivity index (χ0v) is 7.78. The molecule has 0 nitrogen and oxygen atoms in total. The van der Waals surface area contributed by atoms with Gasteiger partial charge in [0.05, 0.1) is 0 Å². The van der Waals surface area contributed by atoms with Gasteiger partial charge < -0.3 is 0 Å². The second-order valence-electron chi connectivity index (χ2n) is 2.05. The zero-order valence-electron chi connectivity index (χ0n) is 6.14. The molecule has 0 saturated carbocycles. The highest BCUT2D eigenvalue weighted by atomic mass is 32.2. The number of thiocarbonyl (C=S) groups is 1. The largest absolute Gasteiger partial charge is 0.119 e.